The van der Waals surface area contributed by atoms with Crippen LogP contribution in [0, 0.1) is 0 Å². The molecule has 7 nitrogen and oxygen atoms in total. The predicted molar refractivity (Wildman–Crippen MR) is 87.8 cm³/mol. The van der Waals surface area contributed by atoms with Crippen molar-refractivity contribution in [3.63, 3.8) is 0 Å². The number of amides is 3. The molecule has 0 saturated carbocycles. The van der Waals surface area contributed by atoms with Gasteiger partial charge in [-0.25, -0.2) is 0 Å². The highest BCUT2D eigenvalue weighted by Gasteiger charge is 2.22. The number of anilines is 1. The molecule has 0 unspecified atom stereocenters. The maximum absolute atomic E-state index is 12.1. The third-order valence-electron chi connectivity index (χ3n) is 4.28. The number of benzene rings is 1. The van der Waals surface area contributed by atoms with Gasteiger partial charge in [0.1, 0.15) is 0 Å². The minimum Gasteiger partial charge on any atom is -0.378 e. The first kappa shape index (κ1) is 16.4. The van der Waals surface area contributed by atoms with E-state index in [1.807, 2.05) is 0 Å². The minimum absolute atomic E-state index is 0.0226. The van der Waals surface area contributed by atoms with Gasteiger partial charge in [0.05, 0.1) is 19.8 Å². The summed E-state index contributed by atoms with van der Waals surface area (Å²) in [4.78, 5) is 39.3. The van der Waals surface area contributed by atoms with Gasteiger partial charge in [-0.05, 0) is 30.7 Å². The summed E-state index contributed by atoms with van der Waals surface area (Å²) in [5.74, 6) is -0.287. The molecule has 7 heteroatoms. The first-order chi connectivity index (χ1) is 11.6. The summed E-state index contributed by atoms with van der Waals surface area (Å²) in [6, 6.07) is 6.88. The second-order valence-corrected chi connectivity index (χ2v) is 5.87. The molecule has 0 atom stereocenters. The van der Waals surface area contributed by atoms with E-state index in [9.17, 15) is 14.4 Å². The van der Waals surface area contributed by atoms with Crippen LogP contribution in [0.3, 0.4) is 0 Å². The van der Waals surface area contributed by atoms with Crippen molar-refractivity contribution >= 4 is 23.4 Å². The molecular formula is C17H21N3O4. The van der Waals surface area contributed by atoms with E-state index in [2.05, 4.69) is 5.32 Å². The first-order valence-corrected chi connectivity index (χ1v) is 8.19. The maximum atomic E-state index is 12.1. The molecule has 2 heterocycles. The van der Waals surface area contributed by atoms with Gasteiger partial charge in [-0.2, -0.15) is 0 Å². The van der Waals surface area contributed by atoms with Gasteiger partial charge in [-0.3, -0.25) is 14.4 Å². The number of carbonyl (C=O) groups is 3. The molecule has 2 aliphatic rings. The zero-order valence-electron chi connectivity index (χ0n) is 13.5. The van der Waals surface area contributed by atoms with Crippen LogP contribution < -0.4 is 10.2 Å². The lowest BCUT2D eigenvalue weighted by Crippen LogP contribution is -2.45. The van der Waals surface area contributed by atoms with Crippen LogP contribution in [0.15, 0.2) is 24.3 Å². The van der Waals surface area contributed by atoms with Crippen LogP contribution in [0.2, 0.25) is 0 Å². The smallest absolute Gasteiger partial charge is 0.251 e. The number of morpholine rings is 1. The number of carbonyl (C=O) groups excluding carboxylic acids is 3. The van der Waals surface area contributed by atoms with Gasteiger partial charge in [-0.15, -0.1) is 0 Å². The molecule has 2 fully saturated rings. The van der Waals surface area contributed by atoms with Crippen LogP contribution in [0.25, 0.3) is 0 Å². The topological polar surface area (TPSA) is 79.0 Å². The second kappa shape index (κ2) is 7.44. The van der Waals surface area contributed by atoms with Gasteiger partial charge >= 0.3 is 0 Å². The Hall–Kier alpha value is -2.41. The fourth-order valence-electron chi connectivity index (χ4n) is 2.90. The van der Waals surface area contributed by atoms with Crippen LogP contribution in [0.1, 0.15) is 23.2 Å². The van der Waals surface area contributed by atoms with Crippen molar-refractivity contribution in [3.05, 3.63) is 29.8 Å². The van der Waals surface area contributed by atoms with Gasteiger partial charge in [0.15, 0.2) is 0 Å². The maximum Gasteiger partial charge on any atom is 0.251 e. The molecule has 1 aromatic rings. The molecule has 24 heavy (non-hydrogen) atoms. The lowest BCUT2D eigenvalue weighted by molar-refractivity contribution is -0.134. The molecule has 0 radical (unpaired) electrons. The van der Waals surface area contributed by atoms with Crippen LogP contribution in [-0.4, -0.2) is 62.0 Å². The monoisotopic (exact) mass is 331 g/mol. The number of hydrogen-bond donors (Lipinski definition) is 1. The fourth-order valence-corrected chi connectivity index (χ4v) is 2.90. The zero-order valence-corrected chi connectivity index (χ0v) is 13.5. The predicted octanol–water partition coefficient (Wildman–Crippen LogP) is 0.402. The highest BCUT2D eigenvalue weighted by molar-refractivity contribution is 5.98. The Bertz CT molecular complexity index is 623. The summed E-state index contributed by atoms with van der Waals surface area (Å²) in [7, 11) is 0. The molecule has 128 valence electrons. The van der Waals surface area contributed by atoms with Gasteiger partial charge in [0.2, 0.25) is 11.8 Å². The number of nitrogens with zero attached hydrogens (tertiary/aromatic N) is 2. The van der Waals surface area contributed by atoms with Crippen molar-refractivity contribution in [1.82, 2.24) is 10.2 Å². The largest absolute Gasteiger partial charge is 0.378 e. The third kappa shape index (κ3) is 3.73. The molecule has 1 aromatic carbocycles. The van der Waals surface area contributed by atoms with Crippen molar-refractivity contribution < 1.29 is 19.1 Å². The molecule has 2 saturated heterocycles. The van der Waals surface area contributed by atoms with Crippen LogP contribution in [0.4, 0.5) is 5.69 Å². The lowest BCUT2D eigenvalue weighted by Gasteiger charge is -2.26. The molecule has 0 bridgehead atoms. The minimum atomic E-state index is -0.295. The second-order valence-electron chi connectivity index (χ2n) is 5.87. The summed E-state index contributed by atoms with van der Waals surface area (Å²) in [6.07, 6.45) is 1.44. The van der Waals surface area contributed by atoms with E-state index in [4.69, 9.17) is 4.74 Å². The molecular weight excluding hydrogens is 310 g/mol. The fraction of sp³-hybridized carbons (Fsp3) is 0.471. The summed E-state index contributed by atoms with van der Waals surface area (Å²) in [6.45, 7) is 2.90. The van der Waals surface area contributed by atoms with Gasteiger partial charge in [-0.1, -0.05) is 0 Å². The Balaban J connectivity index is 1.53. The van der Waals surface area contributed by atoms with Gasteiger partial charge < -0.3 is 19.9 Å². The Morgan fingerprint density at radius 2 is 1.79 bits per heavy atom. The Morgan fingerprint density at radius 1 is 1.08 bits per heavy atom. The van der Waals surface area contributed by atoms with Crippen molar-refractivity contribution in [3.8, 4) is 0 Å². The summed E-state index contributed by atoms with van der Waals surface area (Å²) in [5, 5.41) is 2.64. The SMILES string of the molecule is O=C(NCC(=O)N1CCOCC1)c1ccc(N2CCCC2=O)cc1. The van der Waals surface area contributed by atoms with Crippen LogP contribution in [0.5, 0.6) is 0 Å². The number of nitrogens with one attached hydrogen (secondary N) is 1. The quantitative estimate of drug-likeness (QED) is 0.866. The number of ether oxygens (including phenoxy) is 1. The number of rotatable bonds is 4. The van der Waals surface area contributed by atoms with Crippen molar-refractivity contribution in [2.45, 2.75) is 12.8 Å². The highest BCUT2D eigenvalue weighted by atomic mass is 16.5. The molecule has 1 N–H and O–H groups in total. The molecule has 0 spiro atoms. The standard InChI is InChI=1S/C17H21N3O4/c21-15-2-1-7-20(15)14-5-3-13(4-6-14)17(23)18-12-16(22)19-8-10-24-11-9-19/h3-6H,1-2,7-12H2,(H,18,23). The Morgan fingerprint density at radius 3 is 2.42 bits per heavy atom. The molecule has 0 aromatic heterocycles. The number of hydrogen-bond acceptors (Lipinski definition) is 4. The van der Waals surface area contributed by atoms with E-state index >= 15 is 0 Å². The van der Waals surface area contributed by atoms with Gasteiger partial charge in [0, 0.05) is 37.3 Å². The lowest BCUT2D eigenvalue weighted by atomic mass is 10.2. The Labute approximate surface area is 140 Å². The molecule has 0 aliphatic carbocycles. The van der Waals surface area contributed by atoms with E-state index in [0.29, 0.717) is 38.3 Å². The zero-order chi connectivity index (χ0) is 16.9. The first-order valence-electron chi connectivity index (χ1n) is 8.19. The van der Waals surface area contributed by atoms with E-state index in [-0.39, 0.29) is 24.3 Å². The summed E-state index contributed by atoms with van der Waals surface area (Å²) in [5.41, 5.74) is 1.28. The van der Waals surface area contributed by atoms with Crippen LogP contribution >= 0.6 is 0 Å². The van der Waals surface area contributed by atoms with Crippen molar-refractivity contribution in [2.24, 2.45) is 0 Å². The van der Waals surface area contributed by atoms with E-state index in [1.54, 1.807) is 34.1 Å². The summed E-state index contributed by atoms with van der Waals surface area (Å²) < 4.78 is 5.20. The van der Waals surface area contributed by atoms with Gasteiger partial charge in [0.25, 0.3) is 5.91 Å². The normalized spacial score (nSPS) is 17.9. The molecule has 2 aliphatic heterocycles. The third-order valence-corrected chi connectivity index (χ3v) is 4.28. The van der Waals surface area contributed by atoms with Crippen molar-refractivity contribution in [2.75, 3.05) is 44.3 Å². The average Bonchev–Trinajstić information content (AvgIpc) is 3.06. The van der Waals surface area contributed by atoms with Crippen molar-refractivity contribution in [1.29, 1.82) is 0 Å². The highest BCUT2D eigenvalue weighted by Crippen LogP contribution is 2.21. The Kier molecular flexibility index (Phi) is 5.10. The van der Waals surface area contributed by atoms with E-state index in [0.717, 1.165) is 18.7 Å². The van der Waals surface area contributed by atoms with Crippen LogP contribution in [-0.2, 0) is 14.3 Å². The van der Waals surface area contributed by atoms with E-state index in [1.165, 1.54) is 0 Å². The molecule has 3 rings (SSSR count). The summed E-state index contributed by atoms with van der Waals surface area (Å²) >= 11 is 0. The average molecular weight is 331 g/mol. The molecule has 3 amide bonds. The van der Waals surface area contributed by atoms with E-state index < -0.39 is 0 Å².